The SMILES string of the molecule is CCNC(=O)C1(Cc2ccccc2-c2cccs2)CCN(C(=O)Cn2cncn2)CC1. The Labute approximate surface area is 186 Å². The van der Waals surface area contributed by atoms with Gasteiger partial charge in [0.25, 0.3) is 0 Å². The van der Waals surface area contributed by atoms with Gasteiger partial charge in [0.05, 0.1) is 5.41 Å². The standard InChI is InChI=1S/C23H27N5O2S/c1-2-25-22(30)23(14-18-6-3-4-7-19(18)20-8-5-13-31-20)9-11-27(12-10-23)21(29)15-28-17-24-16-26-28/h3-8,13,16-17H,2,9-12,14-15H2,1H3,(H,25,30). The number of aromatic nitrogens is 3. The number of hydrogen-bond acceptors (Lipinski definition) is 5. The van der Waals surface area contributed by atoms with Crippen molar-refractivity contribution in [2.75, 3.05) is 19.6 Å². The summed E-state index contributed by atoms with van der Waals surface area (Å²) in [5.74, 6) is 0.0911. The molecular weight excluding hydrogens is 410 g/mol. The van der Waals surface area contributed by atoms with Crippen LogP contribution in [0.15, 0.2) is 54.4 Å². The molecule has 0 radical (unpaired) electrons. The molecule has 4 rings (SSSR count). The molecule has 0 aliphatic carbocycles. The zero-order valence-corrected chi connectivity index (χ0v) is 18.5. The van der Waals surface area contributed by atoms with E-state index >= 15 is 0 Å². The number of nitrogens with zero attached hydrogens (tertiary/aromatic N) is 4. The Kier molecular flexibility index (Phi) is 6.46. The molecule has 2 aromatic heterocycles. The zero-order chi connectivity index (χ0) is 21.7. The minimum absolute atomic E-state index is 0.00832. The van der Waals surface area contributed by atoms with E-state index in [1.165, 1.54) is 27.0 Å². The lowest BCUT2D eigenvalue weighted by Gasteiger charge is -2.41. The van der Waals surface area contributed by atoms with Crippen molar-refractivity contribution in [3.8, 4) is 10.4 Å². The number of hydrogen-bond donors (Lipinski definition) is 1. The van der Waals surface area contributed by atoms with Gasteiger partial charge in [-0.05, 0) is 48.8 Å². The first-order chi connectivity index (χ1) is 15.1. The first-order valence-electron chi connectivity index (χ1n) is 10.6. The monoisotopic (exact) mass is 437 g/mol. The third kappa shape index (κ3) is 4.69. The normalized spacial score (nSPS) is 15.6. The molecule has 1 fully saturated rings. The van der Waals surface area contributed by atoms with Gasteiger partial charge in [-0.3, -0.25) is 9.59 Å². The van der Waals surface area contributed by atoms with Gasteiger partial charge in [0.15, 0.2) is 0 Å². The maximum Gasteiger partial charge on any atom is 0.244 e. The average Bonchev–Trinajstić information content (AvgIpc) is 3.49. The van der Waals surface area contributed by atoms with Crippen LogP contribution in [-0.2, 0) is 22.6 Å². The molecule has 1 N–H and O–H groups in total. The summed E-state index contributed by atoms with van der Waals surface area (Å²) in [6.45, 7) is 3.84. The number of nitrogens with one attached hydrogen (secondary N) is 1. The first kappa shape index (κ1) is 21.2. The van der Waals surface area contributed by atoms with E-state index in [-0.39, 0.29) is 18.4 Å². The molecule has 1 aromatic carbocycles. The maximum absolute atomic E-state index is 13.2. The Hall–Kier alpha value is -3.00. The lowest BCUT2D eigenvalue weighted by molar-refractivity contribution is -0.141. The van der Waals surface area contributed by atoms with Gasteiger partial charge in [-0.1, -0.05) is 30.3 Å². The summed E-state index contributed by atoms with van der Waals surface area (Å²) in [7, 11) is 0. The molecule has 1 aliphatic rings. The van der Waals surface area contributed by atoms with Gasteiger partial charge in [0.1, 0.15) is 19.2 Å². The van der Waals surface area contributed by atoms with E-state index in [2.05, 4.69) is 45.0 Å². The average molecular weight is 438 g/mol. The first-order valence-corrected chi connectivity index (χ1v) is 11.5. The van der Waals surface area contributed by atoms with Crippen LogP contribution in [0.2, 0.25) is 0 Å². The van der Waals surface area contributed by atoms with Crippen molar-refractivity contribution in [2.45, 2.75) is 32.7 Å². The van der Waals surface area contributed by atoms with E-state index in [0.29, 0.717) is 38.9 Å². The van der Waals surface area contributed by atoms with Crippen LogP contribution < -0.4 is 5.32 Å². The lowest BCUT2D eigenvalue weighted by atomic mass is 9.72. The third-order valence-corrected chi connectivity index (χ3v) is 6.89. The molecule has 0 unspecified atom stereocenters. The van der Waals surface area contributed by atoms with Gasteiger partial charge in [0.2, 0.25) is 11.8 Å². The Bertz CT molecular complexity index is 1010. The number of carbonyl (C=O) groups is 2. The largest absolute Gasteiger partial charge is 0.356 e. The smallest absolute Gasteiger partial charge is 0.244 e. The third-order valence-electron chi connectivity index (χ3n) is 5.99. The van der Waals surface area contributed by atoms with Crippen LogP contribution in [0.25, 0.3) is 10.4 Å². The predicted octanol–water partition coefficient (Wildman–Crippen LogP) is 2.99. The lowest BCUT2D eigenvalue weighted by Crippen LogP contribution is -2.51. The summed E-state index contributed by atoms with van der Waals surface area (Å²) in [4.78, 5) is 32.8. The maximum atomic E-state index is 13.2. The van der Waals surface area contributed by atoms with E-state index in [1.807, 2.05) is 24.0 Å². The predicted molar refractivity (Wildman–Crippen MR) is 120 cm³/mol. The molecule has 162 valence electrons. The van der Waals surface area contributed by atoms with E-state index in [0.717, 1.165) is 0 Å². The van der Waals surface area contributed by atoms with Crippen LogP contribution in [0.3, 0.4) is 0 Å². The van der Waals surface area contributed by atoms with Crippen molar-refractivity contribution in [1.29, 1.82) is 0 Å². The molecule has 1 saturated heterocycles. The molecule has 0 spiro atoms. The molecule has 31 heavy (non-hydrogen) atoms. The summed E-state index contributed by atoms with van der Waals surface area (Å²) >= 11 is 1.71. The van der Waals surface area contributed by atoms with Gasteiger partial charge < -0.3 is 10.2 Å². The number of carbonyl (C=O) groups excluding carboxylic acids is 2. The number of rotatable bonds is 7. The second kappa shape index (κ2) is 9.43. The highest BCUT2D eigenvalue weighted by Gasteiger charge is 2.42. The fraction of sp³-hybridized carbons (Fsp3) is 0.391. The van der Waals surface area contributed by atoms with Gasteiger partial charge in [0, 0.05) is 24.5 Å². The van der Waals surface area contributed by atoms with Crippen LogP contribution in [0.5, 0.6) is 0 Å². The summed E-state index contributed by atoms with van der Waals surface area (Å²) in [5, 5.41) is 9.14. The van der Waals surface area contributed by atoms with Gasteiger partial charge in [-0.15, -0.1) is 11.3 Å². The Balaban J connectivity index is 1.53. The Morgan fingerprint density at radius 3 is 2.65 bits per heavy atom. The zero-order valence-electron chi connectivity index (χ0n) is 17.7. The Morgan fingerprint density at radius 2 is 1.97 bits per heavy atom. The van der Waals surface area contributed by atoms with Gasteiger partial charge >= 0.3 is 0 Å². The summed E-state index contributed by atoms with van der Waals surface area (Å²) in [5.41, 5.74) is 1.84. The number of amides is 2. The molecule has 0 saturated carbocycles. The summed E-state index contributed by atoms with van der Waals surface area (Å²) in [6.07, 6.45) is 4.91. The van der Waals surface area contributed by atoms with Crippen LogP contribution in [0.1, 0.15) is 25.3 Å². The minimum Gasteiger partial charge on any atom is -0.356 e. The molecule has 0 atom stereocenters. The minimum atomic E-state index is -0.520. The fourth-order valence-corrected chi connectivity index (χ4v) is 5.07. The topological polar surface area (TPSA) is 80.1 Å². The van der Waals surface area contributed by atoms with E-state index in [4.69, 9.17) is 0 Å². The molecule has 7 nitrogen and oxygen atoms in total. The second-order valence-corrected chi connectivity index (χ2v) is 8.87. The Morgan fingerprint density at radius 1 is 1.16 bits per heavy atom. The van der Waals surface area contributed by atoms with E-state index in [1.54, 1.807) is 17.7 Å². The van der Waals surface area contributed by atoms with Crippen LogP contribution in [-0.4, -0.2) is 51.1 Å². The molecule has 3 aromatic rings. The van der Waals surface area contributed by atoms with Crippen molar-refractivity contribution in [3.63, 3.8) is 0 Å². The number of benzene rings is 1. The quantitative estimate of drug-likeness (QED) is 0.616. The highest BCUT2D eigenvalue weighted by atomic mass is 32.1. The van der Waals surface area contributed by atoms with Crippen LogP contribution >= 0.6 is 11.3 Å². The summed E-state index contributed by atoms with van der Waals surface area (Å²) in [6, 6.07) is 12.5. The number of thiophene rings is 1. The van der Waals surface area contributed by atoms with Gasteiger partial charge in [-0.2, -0.15) is 5.10 Å². The van der Waals surface area contributed by atoms with E-state index in [9.17, 15) is 9.59 Å². The molecule has 1 aliphatic heterocycles. The summed E-state index contributed by atoms with van der Waals surface area (Å²) < 4.78 is 1.53. The van der Waals surface area contributed by atoms with E-state index < -0.39 is 5.41 Å². The van der Waals surface area contributed by atoms with Crippen molar-refractivity contribution in [1.82, 2.24) is 25.0 Å². The van der Waals surface area contributed by atoms with Crippen molar-refractivity contribution >= 4 is 23.2 Å². The van der Waals surface area contributed by atoms with Gasteiger partial charge in [-0.25, -0.2) is 9.67 Å². The van der Waals surface area contributed by atoms with Crippen molar-refractivity contribution in [3.05, 3.63) is 60.0 Å². The van der Waals surface area contributed by atoms with Crippen molar-refractivity contribution in [2.24, 2.45) is 5.41 Å². The van der Waals surface area contributed by atoms with Crippen LogP contribution in [0.4, 0.5) is 0 Å². The number of piperidine rings is 1. The highest BCUT2D eigenvalue weighted by Crippen LogP contribution is 2.39. The molecule has 8 heteroatoms. The fourth-order valence-electron chi connectivity index (χ4n) is 4.28. The molecule has 3 heterocycles. The molecule has 0 bridgehead atoms. The second-order valence-electron chi connectivity index (χ2n) is 7.92. The number of likely N-dealkylation sites (tertiary alicyclic amines) is 1. The molecule has 2 amide bonds. The van der Waals surface area contributed by atoms with Crippen LogP contribution in [0, 0.1) is 5.41 Å². The highest BCUT2D eigenvalue weighted by molar-refractivity contribution is 7.13. The van der Waals surface area contributed by atoms with Crippen molar-refractivity contribution < 1.29 is 9.59 Å². The molecular formula is C23H27N5O2S.